The fourth-order valence-electron chi connectivity index (χ4n) is 1.34. The SMILES string of the molecule is OC(CSc1ccccc1)Cc1cncs1. The zero-order chi connectivity index (χ0) is 11.2. The summed E-state index contributed by atoms with van der Waals surface area (Å²) in [5.74, 6) is 0.724. The molecule has 4 heteroatoms. The van der Waals surface area contributed by atoms with Gasteiger partial charge in [-0.1, -0.05) is 18.2 Å². The summed E-state index contributed by atoms with van der Waals surface area (Å²) in [7, 11) is 0. The average molecular weight is 251 g/mol. The predicted molar refractivity (Wildman–Crippen MR) is 69.0 cm³/mol. The van der Waals surface area contributed by atoms with Crippen molar-refractivity contribution in [2.75, 3.05) is 5.75 Å². The molecule has 16 heavy (non-hydrogen) atoms. The van der Waals surface area contributed by atoms with Crippen molar-refractivity contribution >= 4 is 23.1 Å². The van der Waals surface area contributed by atoms with Gasteiger partial charge in [0.15, 0.2) is 0 Å². The van der Waals surface area contributed by atoms with E-state index in [1.807, 2.05) is 24.4 Å². The number of aromatic nitrogens is 1. The molecular weight excluding hydrogens is 238 g/mol. The molecule has 0 bridgehead atoms. The molecule has 1 unspecified atom stereocenters. The molecule has 0 saturated carbocycles. The lowest BCUT2D eigenvalue weighted by atomic mass is 10.3. The number of aliphatic hydroxyl groups is 1. The Morgan fingerprint density at radius 2 is 2.12 bits per heavy atom. The van der Waals surface area contributed by atoms with Crippen molar-refractivity contribution in [2.24, 2.45) is 0 Å². The number of hydrogen-bond donors (Lipinski definition) is 1. The molecule has 84 valence electrons. The molecule has 1 heterocycles. The van der Waals surface area contributed by atoms with E-state index in [0.29, 0.717) is 6.42 Å². The smallest absolute Gasteiger partial charge is 0.0794 e. The van der Waals surface area contributed by atoms with E-state index in [2.05, 4.69) is 17.1 Å². The Morgan fingerprint density at radius 1 is 1.31 bits per heavy atom. The van der Waals surface area contributed by atoms with Gasteiger partial charge in [-0.3, -0.25) is 4.98 Å². The van der Waals surface area contributed by atoms with Gasteiger partial charge in [-0.25, -0.2) is 0 Å². The summed E-state index contributed by atoms with van der Waals surface area (Å²) in [4.78, 5) is 6.33. The van der Waals surface area contributed by atoms with Crippen LogP contribution in [0.15, 0.2) is 46.9 Å². The number of rotatable bonds is 5. The van der Waals surface area contributed by atoms with Crippen LogP contribution in [0.2, 0.25) is 0 Å². The first-order valence-electron chi connectivity index (χ1n) is 5.08. The first-order valence-corrected chi connectivity index (χ1v) is 6.94. The van der Waals surface area contributed by atoms with Gasteiger partial charge in [0.05, 0.1) is 11.6 Å². The zero-order valence-electron chi connectivity index (χ0n) is 8.74. The molecule has 0 aliphatic heterocycles. The van der Waals surface area contributed by atoms with E-state index in [1.165, 1.54) is 4.90 Å². The number of thioether (sulfide) groups is 1. The van der Waals surface area contributed by atoms with Crippen LogP contribution in [0.25, 0.3) is 0 Å². The molecule has 2 nitrogen and oxygen atoms in total. The minimum atomic E-state index is -0.300. The summed E-state index contributed by atoms with van der Waals surface area (Å²) >= 11 is 3.28. The summed E-state index contributed by atoms with van der Waals surface area (Å²) in [5.41, 5.74) is 1.80. The third-order valence-corrected chi connectivity index (χ3v) is 4.06. The third-order valence-electron chi connectivity index (χ3n) is 2.11. The lowest BCUT2D eigenvalue weighted by Crippen LogP contribution is -2.12. The molecule has 2 rings (SSSR count). The molecule has 0 saturated heterocycles. The topological polar surface area (TPSA) is 33.1 Å². The van der Waals surface area contributed by atoms with Gasteiger partial charge >= 0.3 is 0 Å². The summed E-state index contributed by atoms with van der Waals surface area (Å²) < 4.78 is 0. The third kappa shape index (κ3) is 3.63. The van der Waals surface area contributed by atoms with Crippen LogP contribution in [-0.2, 0) is 6.42 Å². The van der Waals surface area contributed by atoms with Crippen molar-refractivity contribution in [2.45, 2.75) is 17.4 Å². The normalized spacial score (nSPS) is 12.6. The second-order valence-electron chi connectivity index (χ2n) is 3.45. The van der Waals surface area contributed by atoms with Crippen LogP contribution in [0.3, 0.4) is 0 Å². The molecule has 0 aliphatic carbocycles. The van der Waals surface area contributed by atoms with Gasteiger partial charge in [0.1, 0.15) is 0 Å². The molecule has 0 aliphatic rings. The average Bonchev–Trinajstić information content (AvgIpc) is 2.81. The summed E-state index contributed by atoms with van der Waals surface area (Å²) in [5, 5.41) is 9.84. The summed E-state index contributed by atoms with van der Waals surface area (Å²) in [6.07, 6.45) is 2.22. The first kappa shape index (κ1) is 11.6. The Labute approximate surface area is 103 Å². The Hall–Kier alpha value is -0.840. The Kier molecular flexibility index (Phi) is 4.39. The standard InChI is InChI=1S/C12H13NOS2/c14-10(6-12-7-13-9-16-12)8-15-11-4-2-1-3-5-11/h1-5,7,9-10,14H,6,8H2. The molecule has 1 N–H and O–H groups in total. The molecule has 1 aromatic heterocycles. The van der Waals surface area contributed by atoms with Crippen molar-refractivity contribution < 1.29 is 5.11 Å². The van der Waals surface area contributed by atoms with Gasteiger partial charge in [0.25, 0.3) is 0 Å². The van der Waals surface area contributed by atoms with Gasteiger partial charge in [0.2, 0.25) is 0 Å². The Morgan fingerprint density at radius 3 is 2.81 bits per heavy atom. The number of hydrogen-bond acceptors (Lipinski definition) is 4. The van der Waals surface area contributed by atoms with Gasteiger partial charge in [0, 0.05) is 28.1 Å². The maximum atomic E-state index is 9.84. The quantitative estimate of drug-likeness (QED) is 0.830. The predicted octanol–water partition coefficient (Wildman–Crippen LogP) is 2.84. The van der Waals surface area contributed by atoms with Gasteiger partial charge in [-0.15, -0.1) is 23.1 Å². The second kappa shape index (κ2) is 6.03. The Balaban J connectivity index is 1.78. The van der Waals surface area contributed by atoms with Gasteiger partial charge in [-0.05, 0) is 12.1 Å². The van der Waals surface area contributed by atoms with E-state index in [0.717, 1.165) is 10.6 Å². The van der Waals surface area contributed by atoms with E-state index in [-0.39, 0.29) is 6.10 Å². The van der Waals surface area contributed by atoms with Crippen LogP contribution in [0, 0.1) is 0 Å². The van der Waals surface area contributed by atoms with E-state index >= 15 is 0 Å². The first-order chi connectivity index (χ1) is 7.84. The molecule has 0 fully saturated rings. The molecule has 2 aromatic rings. The fourth-order valence-corrected chi connectivity index (χ4v) is 2.86. The number of nitrogens with zero attached hydrogens (tertiary/aromatic N) is 1. The van der Waals surface area contributed by atoms with Crippen LogP contribution >= 0.6 is 23.1 Å². The highest BCUT2D eigenvalue weighted by Gasteiger charge is 2.07. The van der Waals surface area contributed by atoms with Gasteiger partial charge in [-0.2, -0.15) is 0 Å². The van der Waals surface area contributed by atoms with E-state index in [9.17, 15) is 5.11 Å². The van der Waals surface area contributed by atoms with E-state index in [4.69, 9.17) is 0 Å². The maximum absolute atomic E-state index is 9.84. The molecule has 1 atom stereocenters. The van der Waals surface area contributed by atoms with Crippen LogP contribution in [0.4, 0.5) is 0 Å². The van der Waals surface area contributed by atoms with Crippen molar-refractivity contribution in [3.63, 3.8) is 0 Å². The lowest BCUT2D eigenvalue weighted by molar-refractivity contribution is 0.201. The molecule has 0 radical (unpaired) electrons. The van der Waals surface area contributed by atoms with Crippen molar-refractivity contribution in [3.05, 3.63) is 46.9 Å². The zero-order valence-corrected chi connectivity index (χ0v) is 10.4. The second-order valence-corrected chi connectivity index (χ2v) is 5.51. The van der Waals surface area contributed by atoms with Crippen LogP contribution in [0.5, 0.6) is 0 Å². The minimum Gasteiger partial charge on any atom is -0.392 e. The molecule has 1 aromatic carbocycles. The largest absolute Gasteiger partial charge is 0.392 e. The highest BCUT2D eigenvalue weighted by Crippen LogP contribution is 2.19. The van der Waals surface area contributed by atoms with Crippen LogP contribution in [-0.4, -0.2) is 21.9 Å². The highest BCUT2D eigenvalue weighted by atomic mass is 32.2. The lowest BCUT2D eigenvalue weighted by Gasteiger charge is -2.08. The van der Waals surface area contributed by atoms with Crippen molar-refractivity contribution in [1.82, 2.24) is 4.98 Å². The summed E-state index contributed by atoms with van der Waals surface area (Å²) in [6.45, 7) is 0. The van der Waals surface area contributed by atoms with Gasteiger partial charge < -0.3 is 5.11 Å². The minimum absolute atomic E-state index is 0.300. The number of benzene rings is 1. The number of thiazole rings is 1. The van der Waals surface area contributed by atoms with E-state index < -0.39 is 0 Å². The molecular formula is C12H13NOS2. The van der Waals surface area contributed by atoms with Crippen LogP contribution < -0.4 is 0 Å². The van der Waals surface area contributed by atoms with Crippen LogP contribution in [0.1, 0.15) is 4.88 Å². The summed E-state index contributed by atoms with van der Waals surface area (Å²) in [6, 6.07) is 10.1. The molecule has 0 spiro atoms. The Bertz CT molecular complexity index is 402. The fraction of sp³-hybridized carbons (Fsp3) is 0.250. The highest BCUT2D eigenvalue weighted by molar-refractivity contribution is 7.99. The molecule has 0 amide bonds. The number of aliphatic hydroxyl groups excluding tert-OH is 1. The van der Waals surface area contributed by atoms with Crippen molar-refractivity contribution in [1.29, 1.82) is 0 Å². The van der Waals surface area contributed by atoms with E-state index in [1.54, 1.807) is 28.6 Å². The maximum Gasteiger partial charge on any atom is 0.0794 e. The monoisotopic (exact) mass is 251 g/mol. The van der Waals surface area contributed by atoms with Crippen molar-refractivity contribution in [3.8, 4) is 0 Å².